The van der Waals surface area contributed by atoms with Crippen molar-refractivity contribution in [2.45, 2.75) is 44.6 Å². The molecule has 0 spiro atoms. The van der Waals surface area contributed by atoms with Crippen LogP contribution in [0, 0.1) is 11.8 Å². The van der Waals surface area contributed by atoms with Crippen LogP contribution in [0.25, 0.3) is 0 Å². The van der Waals surface area contributed by atoms with Crippen molar-refractivity contribution in [3.05, 3.63) is 12.2 Å². The average Bonchev–Trinajstić information content (AvgIpc) is 2.40. The molecule has 0 aromatic rings. The topological polar surface area (TPSA) is 77.8 Å². The molecule has 0 heterocycles. The van der Waals surface area contributed by atoms with Gasteiger partial charge in [0.15, 0.2) is 0 Å². The number of aliphatic hydroxyl groups excluding tert-OH is 1. The standard InChI is InChI=1S/C15H23NO4/c17-10-4-9-16(11-5-3-6-11)14(18)12-7-1-2-8-13(12)15(19)20/h1-2,11-13,17H,3-10H2,(H,19,20). The first kappa shape index (κ1) is 15.0. The Morgan fingerprint density at radius 3 is 2.30 bits per heavy atom. The summed E-state index contributed by atoms with van der Waals surface area (Å²) in [7, 11) is 0. The van der Waals surface area contributed by atoms with Gasteiger partial charge in [0.2, 0.25) is 5.91 Å². The normalized spacial score (nSPS) is 26.1. The Kier molecular flexibility index (Phi) is 5.17. The molecule has 1 saturated carbocycles. The highest BCUT2D eigenvalue weighted by molar-refractivity contribution is 5.85. The van der Waals surface area contributed by atoms with Gasteiger partial charge in [0, 0.05) is 19.2 Å². The van der Waals surface area contributed by atoms with Crippen molar-refractivity contribution < 1.29 is 19.8 Å². The maximum atomic E-state index is 12.7. The molecule has 0 aromatic carbocycles. The van der Waals surface area contributed by atoms with Crippen LogP contribution in [0.1, 0.15) is 38.5 Å². The van der Waals surface area contributed by atoms with E-state index in [2.05, 4.69) is 0 Å². The monoisotopic (exact) mass is 281 g/mol. The van der Waals surface area contributed by atoms with Gasteiger partial charge < -0.3 is 15.1 Å². The molecule has 0 aromatic heterocycles. The Morgan fingerprint density at radius 1 is 1.15 bits per heavy atom. The summed E-state index contributed by atoms with van der Waals surface area (Å²) in [5.74, 6) is -1.98. The van der Waals surface area contributed by atoms with E-state index < -0.39 is 17.8 Å². The van der Waals surface area contributed by atoms with Crippen LogP contribution in [0.3, 0.4) is 0 Å². The summed E-state index contributed by atoms with van der Waals surface area (Å²) in [5, 5.41) is 18.3. The molecule has 5 heteroatoms. The minimum Gasteiger partial charge on any atom is -0.481 e. The predicted octanol–water partition coefficient (Wildman–Crippen LogP) is 1.42. The lowest BCUT2D eigenvalue weighted by atomic mass is 9.80. The number of carboxylic acid groups (broad SMARTS) is 1. The zero-order valence-electron chi connectivity index (χ0n) is 11.7. The molecular weight excluding hydrogens is 258 g/mol. The van der Waals surface area contributed by atoms with E-state index in [1.54, 1.807) is 0 Å². The van der Waals surface area contributed by atoms with E-state index in [0.29, 0.717) is 25.8 Å². The zero-order chi connectivity index (χ0) is 14.5. The Labute approximate surface area is 119 Å². The SMILES string of the molecule is O=C(O)C1CC=CCC1C(=O)N(CCCO)C1CCC1. The Hall–Kier alpha value is -1.36. The second-order valence-electron chi connectivity index (χ2n) is 5.69. The van der Waals surface area contributed by atoms with Crippen LogP contribution in [-0.2, 0) is 9.59 Å². The highest BCUT2D eigenvalue weighted by Crippen LogP contribution is 2.32. The number of nitrogens with zero attached hydrogens (tertiary/aromatic N) is 1. The van der Waals surface area contributed by atoms with Crippen LogP contribution in [-0.4, -0.2) is 46.2 Å². The van der Waals surface area contributed by atoms with E-state index in [9.17, 15) is 14.7 Å². The molecule has 1 fully saturated rings. The van der Waals surface area contributed by atoms with Gasteiger partial charge in [0.1, 0.15) is 0 Å². The van der Waals surface area contributed by atoms with Crippen LogP contribution < -0.4 is 0 Å². The molecule has 2 atom stereocenters. The molecule has 2 N–H and O–H groups in total. The Morgan fingerprint density at radius 2 is 1.80 bits per heavy atom. The fourth-order valence-corrected chi connectivity index (χ4v) is 2.99. The van der Waals surface area contributed by atoms with E-state index in [0.717, 1.165) is 19.3 Å². The largest absolute Gasteiger partial charge is 0.481 e. The van der Waals surface area contributed by atoms with Gasteiger partial charge in [-0.25, -0.2) is 0 Å². The summed E-state index contributed by atoms with van der Waals surface area (Å²) in [4.78, 5) is 25.8. The van der Waals surface area contributed by atoms with E-state index >= 15 is 0 Å². The molecular formula is C15H23NO4. The number of carboxylic acids is 1. The van der Waals surface area contributed by atoms with Gasteiger partial charge in [-0.1, -0.05) is 12.2 Å². The number of carbonyl (C=O) groups excluding carboxylic acids is 1. The maximum Gasteiger partial charge on any atom is 0.307 e. The Bertz CT molecular complexity index is 389. The number of hydrogen-bond donors (Lipinski definition) is 2. The molecule has 5 nitrogen and oxygen atoms in total. The summed E-state index contributed by atoms with van der Waals surface area (Å²) in [6.07, 6.45) is 8.39. The number of allylic oxidation sites excluding steroid dienone is 2. The summed E-state index contributed by atoms with van der Waals surface area (Å²) in [6, 6.07) is 0.245. The van der Waals surface area contributed by atoms with Gasteiger partial charge in [0.05, 0.1) is 11.8 Å². The van der Waals surface area contributed by atoms with E-state index in [1.807, 2.05) is 17.1 Å². The van der Waals surface area contributed by atoms with Crippen molar-refractivity contribution >= 4 is 11.9 Å². The van der Waals surface area contributed by atoms with Crippen molar-refractivity contribution in [2.24, 2.45) is 11.8 Å². The fraction of sp³-hybridized carbons (Fsp3) is 0.733. The smallest absolute Gasteiger partial charge is 0.307 e. The lowest BCUT2D eigenvalue weighted by molar-refractivity contribution is -0.152. The van der Waals surface area contributed by atoms with Crippen LogP contribution in [0.4, 0.5) is 0 Å². The average molecular weight is 281 g/mol. The molecule has 1 amide bonds. The highest BCUT2D eigenvalue weighted by Gasteiger charge is 2.39. The van der Waals surface area contributed by atoms with Gasteiger partial charge in [-0.15, -0.1) is 0 Å². The molecule has 20 heavy (non-hydrogen) atoms. The minimum absolute atomic E-state index is 0.0418. The summed E-state index contributed by atoms with van der Waals surface area (Å²) < 4.78 is 0. The van der Waals surface area contributed by atoms with Gasteiger partial charge in [-0.2, -0.15) is 0 Å². The third-order valence-corrected chi connectivity index (χ3v) is 4.42. The highest BCUT2D eigenvalue weighted by atomic mass is 16.4. The molecule has 0 bridgehead atoms. The van der Waals surface area contributed by atoms with Gasteiger partial charge in [0.25, 0.3) is 0 Å². The zero-order valence-corrected chi connectivity index (χ0v) is 11.7. The predicted molar refractivity (Wildman–Crippen MR) is 74.0 cm³/mol. The van der Waals surface area contributed by atoms with Gasteiger partial charge in [-0.3, -0.25) is 9.59 Å². The molecule has 2 aliphatic carbocycles. The fourth-order valence-electron chi connectivity index (χ4n) is 2.99. The first-order valence-corrected chi connectivity index (χ1v) is 7.44. The van der Waals surface area contributed by atoms with Crippen molar-refractivity contribution in [3.63, 3.8) is 0 Å². The lowest BCUT2D eigenvalue weighted by Crippen LogP contribution is -2.49. The van der Waals surface area contributed by atoms with Crippen molar-refractivity contribution in [1.29, 1.82) is 0 Å². The molecule has 0 aliphatic heterocycles. The number of aliphatic hydroxyl groups is 1. The molecule has 2 unspecified atom stereocenters. The first-order chi connectivity index (χ1) is 9.65. The molecule has 2 aliphatic rings. The quantitative estimate of drug-likeness (QED) is 0.722. The number of amides is 1. The number of hydrogen-bond acceptors (Lipinski definition) is 3. The van der Waals surface area contributed by atoms with Crippen LogP contribution in [0.15, 0.2) is 12.2 Å². The molecule has 0 saturated heterocycles. The number of carbonyl (C=O) groups is 2. The second kappa shape index (κ2) is 6.88. The minimum atomic E-state index is -0.886. The van der Waals surface area contributed by atoms with Crippen molar-refractivity contribution in [2.75, 3.05) is 13.2 Å². The van der Waals surface area contributed by atoms with E-state index in [4.69, 9.17) is 5.11 Å². The van der Waals surface area contributed by atoms with Crippen LogP contribution in [0.5, 0.6) is 0 Å². The molecule has 2 rings (SSSR count). The number of rotatable bonds is 6. The van der Waals surface area contributed by atoms with Crippen molar-refractivity contribution in [1.82, 2.24) is 4.90 Å². The van der Waals surface area contributed by atoms with E-state index in [-0.39, 0.29) is 18.6 Å². The summed E-state index contributed by atoms with van der Waals surface area (Å²) >= 11 is 0. The third-order valence-electron chi connectivity index (χ3n) is 4.42. The molecule has 112 valence electrons. The van der Waals surface area contributed by atoms with E-state index in [1.165, 1.54) is 0 Å². The molecule has 0 radical (unpaired) electrons. The summed E-state index contributed by atoms with van der Waals surface area (Å²) in [5.41, 5.74) is 0. The lowest BCUT2D eigenvalue weighted by Gasteiger charge is -2.40. The van der Waals surface area contributed by atoms with Gasteiger partial charge >= 0.3 is 5.97 Å². The third kappa shape index (κ3) is 3.20. The number of aliphatic carboxylic acids is 1. The van der Waals surface area contributed by atoms with Crippen molar-refractivity contribution in [3.8, 4) is 0 Å². The van der Waals surface area contributed by atoms with Crippen LogP contribution >= 0.6 is 0 Å². The Balaban J connectivity index is 2.08. The first-order valence-electron chi connectivity index (χ1n) is 7.44. The van der Waals surface area contributed by atoms with Crippen LogP contribution in [0.2, 0.25) is 0 Å². The second-order valence-corrected chi connectivity index (χ2v) is 5.69. The van der Waals surface area contributed by atoms with Gasteiger partial charge in [-0.05, 0) is 38.5 Å². The maximum absolute atomic E-state index is 12.7. The summed E-state index contributed by atoms with van der Waals surface area (Å²) in [6.45, 7) is 0.593.